The van der Waals surface area contributed by atoms with Crippen LogP contribution < -0.4 is 0 Å². The third-order valence-electron chi connectivity index (χ3n) is 2.45. The third-order valence-corrected chi connectivity index (χ3v) is 2.45. The predicted molar refractivity (Wildman–Crippen MR) is 57.1 cm³/mol. The van der Waals surface area contributed by atoms with Gasteiger partial charge >= 0.3 is 0 Å². The van der Waals surface area contributed by atoms with Crippen LogP contribution in [-0.2, 0) is 13.0 Å². The van der Waals surface area contributed by atoms with Crippen LogP contribution in [0.25, 0.3) is 0 Å². The molecule has 0 radical (unpaired) electrons. The number of rotatable bonds is 5. The van der Waals surface area contributed by atoms with E-state index in [1.807, 2.05) is 13.0 Å². The lowest BCUT2D eigenvalue weighted by atomic mass is 10.0. The Morgan fingerprint density at radius 3 is 2.50 bits per heavy atom. The van der Waals surface area contributed by atoms with Crippen molar-refractivity contribution < 1.29 is 10.2 Å². The summed E-state index contributed by atoms with van der Waals surface area (Å²) in [6, 6.07) is 6.14. The second-order valence-corrected chi connectivity index (χ2v) is 3.60. The van der Waals surface area contributed by atoms with Gasteiger partial charge in [0.2, 0.25) is 0 Å². The van der Waals surface area contributed by atoms with E-state index in [0.717, 1.165) is 30.4 Å². The zero-order valence-corrected chi connectivity index (χ0v) is 8.66. The van der Waals surface area contributed by atoms with Gasteiger partial charge in [-0.2, -0.15) is 0 Å². The summed E-state index contributed by atoms with van der Waals surface area (Å²) < 4.78 is 0. The molecule has 14 heavy (non-hydrogen) atoms. The van der Waals surface area contributed by atoms with Gasteiger partial charge in [-0.05, 0) is 42.9 Å². The number of unbranched alkanes of at least 4 members (excludes halogenated alkanes) is 1. The van der Waals surface area contributed by atoms with Crippen molar-refractivity contribution in [1.29, 1.82) is 0 Å². The molecule has 0 heterocycles. The van der Waals surface area contributed by atoms with E-state index in [1.165, 1.54) is 5.56 Å². The van der Waals surface area contributed by atoms with Crippen molar-refractivity contribution in [3.05, 3.63) is 34.9 Å². The lowest BCUT2D eigenvalue weighted by Gasteiger charge is -2.05. The molecule has 1 rings (SSSR count). The summed E-state index contributed by atoms with van der Waals surface area (Å²) in [5.41, 5.74) is 3.43. The van der Waals surface area contributed by atoms with E-state index in [0.29, 0.717) is 0 Å². The highest BCUT2D eigenvalue weighted by Gasteiger charge is 1.98. The van der Waals surface area contributed by atoms with Crippen LogP contribution >= 0.6 is 0 Å². The normalized spacial score (nSPS) is 10.5. The molecule has 0 aliphatic rings. The van der Waals surface area contributed by atoms with Crippen LogP contribution in [0.2, 0.25) is 0 Å². The SMILES string of the molecule is Cc1cc(CCCCO)ccc1CO. The topological polar surface area (TPSA) is 40.5 Å². The molecule has 0 bridgehead atoms. The quantitative estimate of drug-likeness (QED) is 0.702. The van der Waals surface area contributed by atoms with Gasteiger partial charge in [-0.3, -0.25) is 0 Å². The maximum atomic E-state index is 8.99. The molecule has 0 aliphatic carbocycles. The van der Waals surface area contributed by atoms with Gasteiger partial charge in [0.15, 0.2) is 0 Å². The molecule has 1 aromatic rings. The van der Waals surface area contributed by atoms with Gasteiger partial charge in [0.05, 0.1) is 6.61 Å². The van der Waals surface area contributed by atoms with E-state index < -0.39 is 0 Å². The van der Waals surface area contributed by atoms with Crippen molar-refractivity contribution in [2.24, 2.45) is 0 Å². The lowest BCUT2D eigenvalue weighted by Crippen LogP contribution is -1.93. The first-order valence-corrected chi connectivity index (χ1v) is 5.08. The molecule has 0 saturated carbocycles. The molecule has 0 aliphatic heterocycles. The first-order chi connectivity index (χ1) is 6.77. The van der Waals surface area contributed by atoms with Crippen LogP contribution in [0.15, 0.2) is 18.2 Å². The Labute approximate surface area is 85.2 Å². The van der Waals surface area contributed by atoms with E-state index in [9.17, 15) is 0 Å². The van der Waals surface area contributed by atoms with E-state index in [1.54, 1.807) is 0 Å². The predicted octanol–water partition coefficient (Wildman–Crippen LogP) is 1.80. The Balaban J connectivity index is 2.57. The monoisotopic (exact) mass is 194 g/mol. The molecule has 0 saturated heterocycles. The minimum Gasteiger partial charge on any atom is -0.396 e. The van der Waals surface area contributed by atoms with Gasteiger partial charge in [-0.15, -0.1) is 0 Å². The first kappa shape index (κ1) is 11.2. The van der Waals surface area contributed by atoms with Gasteiger partial charge in [0.25, 0.3) is 0 Å². The summed E-state index contributed by atoms with van der Waals surface area (Å²) in [4.78, 5) is 0. The fourth-order valence-corrected chi connectivity index (χ4v) is 1.53. The summed E-state index contributed by atoms with van der Waals surface area (Å²) in [6.07, 6.45) is 2.89. The molecule has 78 valence electrons. The lowest BCUT2D eigenvalue weighted by molar-refractivity contribution is 0.281. The number of hydrogen-bond acceptors (Lipinski definition) is 2. The number of aliphatic hydroxyl groups excluding tert-OH is 2. The Hall–Kier alpha value is -0.860. The number of aliphatic hydroxyl groups is 2. The molecule has 0 unspecified atom stereocenters. The summed E-state index contributed by atoms with van der Waals surface area (Å²) in [7, 11) is 0. The van der Waals surface area contributed by atoms with Crippen molar-refractivity contribution in [1.82, 2.24) is 0 Å². The molecule has 1 aromatic carbocycles. The van der Waals surface area contributed by atoms with Crippen molar-refractivity contribution in [2.45, 2.75) is 32.8 Å². The minimum absolute atomic E-state index is 0.114. The largest absolute Gasteiger partial charge is 0.396 e. The maximum absolute atomic E-state index is 8.99. The van der Waals surface area contributed by atoms with Gasteiger partial charge in [0.1, 0.15) is 0 Å². The van der Waals surface area contributed by atoms with Gasteiger partial charge in [-0.25, -0.2) is 0 Å². The van der Waals surface area contributed by atoms with Crippen molar-refractivity contribution in [2.75, 3.05) is 6.61 Å². The highest BCUT2D eigenvalue weighted by molar-refractivity contribution is 5.30. The van der Waals surface area contributed by atoms with Crippen LogP contribution in [0.5, 0.6) is 0 Å². The average molecular weight is 194 g/mol. The van der Waals surface area contributed by atoms with Gasteiger partial charge in [-0.1, -0.05) is 18.2 Å². The number of aryl methyl sites for hydroxylation is 2. The van der Waals surface area contributed by atoms with E-state index in [4.69, 9.17) is 10.2 Å². The number of benzene rings is 1. The first-order valence-electron chi connectivity index (χ1n) is 5.08. The molecule has 0 spiro atoms. The summed E-state index contributed by atoms with van der Waals surface area (Å²) in [5, 5.41) is 17.6. The summed E-state index contributed by atoms with van der Waals surface area (Å²) in [6.45, 7) is 2.40. The summed E-state index contributed by atoms with van der Waals surface area (Å²) in [5.74, 6) is 0. The fourth-order valence-electron chi connectivity index (χ4n) is 1.53. The van der Waals surface area contributed by atoms with Crippen LogP contribution in [0.3, 0.4) is 0 Å². The molecule has 0 amide bonds. The molecule has 0 fully saturated rings. The molecular weight excluding hydrogens is 176 g/mol. The molecule has 2 nitrogen and oxygen atoms in total. The second-order valence-electron chi connectivity index (χ2n) is 3.60. The van der Waals surface area contributed by atoms with Gasteiger partial charge in [0, 0.05) is 6.61 Å². The molecular formula is C12H18O2. The number of hydrogen-bond donors (Lipinski definition) is 2. The van der Waals surface area contributed by atoms with Crippen LogP contribution in [0, 0.1) is 6.92 Å². The zero-order chi connectivity index (χ0) is 10.4. The maximum Gasteiger partial charge on any atom is 0.0684 e. The average Bonchev–Trinajstić information content (AvgIpc) is 2.18. The van der Waals surface area contributed by atoms with Crippen LogP contribution in [0.1, 0.15) is 29.5 Å². The van der Waals surface area contributed by atoms with E-state index >= 15 is 0 Å². The van der Waals surface area contributed by atoms with Crippen LogP contribution in [-0.4, -0.2) is 16.8 Å². The van der Waals surface area contributed by atoms with Crippen LogP contribution in [0.4, 0.5) is 0 Å². The Morgan fingerprint density at radius 2 is 1.93 bits per heavy atom. The smallest absolute Gasteiger partial charge is 0.0684 e. The second kappa shape index (κ2) is 5.78. The summed E-state index contributed by atoms with van der Waals surface area (Å²) >= 11 is 0. The van der Waals surface area contributed by atoms with E-state index in [2.05, 4.69) is 12.1 Å². The minimum atomic E-state index is 0.114. The fraction of sp³-hybridized carbons (Fsp3) is 0.500. The molecule has 2 N–H and O–H groups in total. The Kier molecular flexibility index (Phi) is 4.63. The van der Waals surface area contributed by atoms with Crippen molar-refractivity contribution >= 4 is 0 Å². The van der Waals surface area contributed by atoms with Gasteiger partial charge < -0.3 is 10.2 Å². The third kappa shape index (κ3) is 3.13. The highest BCUT2D eigenvalue weighted by Crippen LogP contribution is 2.13. The van der Waals surface area contributed by atoms with E-state index in [-0.39, 0.29) is 13.2 Å². The molecule has 0 atom stereocenters. The molecule has 0 aromatic heterocycles. The highest BCUT2D eigenvalue weighted by atomic mass is 16.3. The zero-order valence-electron chi connectivity index (χ0n) is 8.66. The molecule has 2 heteroatoms. The van der Waals surface area contributed by atoms with Crippen molar-refractivity contribution in [3.63, 3.8) is 0 Å². The Morgan fingerprint density at radius 1 is 1.14 bits per heavy atom. The standard InChI is InChI=1S/C12H18O2/c1-10-8-11(4-2-3-7-13)5-6-12(10)9-14/h5-6,8,13-14H,2-4,7,9H2,1H3. The van der Waals surface area contributed by atoms with Crippen molar-refractivity contribution in [3.8, 4) is 0 Å². The Bertz CT molecular complexity index is 282.